The van der Waals surface area contributed by atoms with E-state index in [1.54, 1.807) is 7.11 Å². The minimum absolute atomic E-state index is 0.212. The first-order valence-electron chi connectivity index (χ1n) is 9.66. The first-order valence-corrected chi connectivity index (χ1v) is 10.4. The monoisotopic (exact) mass is 398 g/mol. The number of hydrogen-bond donors (Lipinski definition) is 1. The molecule has 1 fully saturated rings. The number of nitrogens with zero attached hydrogens (tertiary/aromatic N) is 4. The van der Waals surface area contributed by atoms with E-state index in [1.807, 2.05) is 12.1 Å². The Kier molecular flexibility index (Phi) is 6.17. The Balaban J connectivity index is 1.41. The van der Waals surface area contributed by atoms with Crippen LogP contribution in [0.1, 0.15) is 17.5 Å². The predicted octanol–water partition coefficient (Wildman–Crippen LogP) is 2.77. The molecule has 7 heteroatoms. The fourth-order valence-corrected chi connectivity index (χ4v) is 4.44. The molecular weight excluding hydrogens is 372 g/mol. The molecule has 0 saturated carbocycles. The molecule has 2 heterocycles. The average Bonchev–Trinajstić information content (AvgIpc) is 3.18. The van der Waals surface area contributed by atoms with Crippen molar-refractivity contribution in [2.45, 2.75) is 25.6 Å². The van der Waals surface area contributed by atoms with Crippen LogP contribution < -0.4 is 4.74 Å². The smallest absolute Gasteiger partial charge is 0.119 e. The standard InChI is InChI=1S/C21H26N4O2S/c1-27-19-4-2-3-16(11-19)14-25-9-8-24(15-18(25)7-10-26)13-17-5-6-20-21(12-17)23-28-22-20/h2-6,11-12,18,26H,7-10,13-15H2,1H3. The highest BCUT2D eigenvalue weighted by Crippen LogP contribution is 2.21. The van der Waals surface area contributed by atoms with Crippen LogP contribution in [-0.4, -0.2) is 63.0 Å². The lowest BCUT2D eigenvalue weighted by Crippen LogP contribution is -2.52. The maximum absolute atomic E-state index is 9.58. The maximum atomic E-state index is 9.58. The van der Waals surface area contributed by atoms with E-state index in [1.165, 1.54) is 22.9 Å². The summed E-state index contributed by atoms with van der Waals surface area (Å²) in [5.41, 5.74) is 4.46. The van der Waals surface area contributed by atoms with E-state index in [-0.39, 0.29) is 6.61 Å². The van der Waals surface area contributed by atoms with Crippen molar-refractivity contribution in [3.05, 3.63) is 53.6 Å². The molecule has 0 aliphatic carbocycles. The molecule has 0 radical (unpaired) electrons. The number of fused-ring (bicyclic) bond motifs is 1. The summed E-state index contributed by atoms with van der Waals surface area (Å²) in [6.45, 7) is 4.96. The highest BCUT2D eigenvalue weighted by atomic mass is 32.1. The van der Waals surface area contributed by atoms with E-state index in [9.17, 15) is 5.11 Å². The molecule has 1 aromatic heterocycles. The van der Waals surface area contributed by atoms with Crippen LogP contribution in [0.4, 0.5) is 0 Å². The largest absolute Gasteiger partial charge is 0.497 e. The van der Waals surface area contributed by atoms with Gasteiger partial charge in [0.2, 0.25) is 0 Å². The lowest BCUT2D eigenvalue weighted by Gasteiger charge is -2.41. The number of piperazine rings is 1. The summed E-state index contributed by atoms with van der Waals surface area (Å²) in [7, 11) is 1.70. The van der Waals surface area contributed by atoms with Crippen LogP contribution in [0.25, 0.3) is 11.0 Å². The van der Waals surface area contributed by atoms with Gasteiger partial charge in [-0.1, -0.05) is 18.2 Å². The van der Waals surface area contributed by atoms with E-state index >= 15 is 0 Å². The van der Waals surface area contributed by atoms with Gasteiger partial charge in [-0.3, -0.25) is 9.80 Å². The van der Waals surface area contributed by atoms with Gasteiger partial charge in [-0.25, -0.2) is 0 Å². The van der Waals surface area contributed by atoms with Crippen molar-refractivity contribution in [2.75, 3.05) is 33.4 Å². The molecule has 2 aromatic carbocycles. The van der Waals surface area contributed by atoms with Crippen molar-refractivity contribution in [2.24, 2.45) is 0 Å². The van der Waals surface area contributed by atoms with Crippen molar-refractivity contribution in [3.8, 4) is 5.75 Å². The van der Waals surface area contributed by atoms with Crippen molar-refractivity contribution >= 4 is 22.8 Å². The highest BCUT2D eigenvalue weighted by molar-refractivity contribution is 7.00. The first-order chi connectivity index (χ1) is 13.7. The highest BCUT2D eigenvalue weighted by Gasteiger charge is 2.26. The average molecular weight is 399 g/mol. The van der Waals surface area contributed by atoms with Gasteiger partial charge in [0.25, 0.3) is 0 Å². The molecule has 4 rings (SSSR count). The Bertz CT molecular complexity index is 916. The van der Waals surface area contributed by atoms with Crippen molar-refractivity contribution < 1.29 is 9.84 Å². The summed E-state index contributed by atoms with van der Waals surface area (Å²) in [4.78, 5) is 4.96. The van der Waals surface area contributed by atoms with E-state index in [0.29, 0.717) is 6.04 Å². The molecule has 1 aliphatic heterocycles. The van der Waals surface area contributed by atoms with Gasteiger partial charge in [-0.05, 0) is 41.8 Å². The van der Waals surface area contributed by atoms with Crippen LogP contribution in [0.3, 0.4) is 0 Å². The quantitative estimate of drug-likeness (QED) is 0.660. The lowest BCUT2D eigenvalue weighted by atomic mass is 10.1. The number of aliphatic hydroxyl groups is 1. The van der Waals surface area contributed by atoms with Gasteiger partial charge >= 0.3 is 0 Å². The minimum Gasteiger partial charge on any atom is -0.497 e. The summed E-state index contributed by atoms with van der Waals surface area (Å²) in [6, 6.07) is 14.9. The zero-order valence-corrected chi connectivity index (χ0v) is 16.9. The van der Waals surface area contributed by atoms with E-state index in [2.05, 4.69) is 48.9 Å². The topological polar surface area (TPSA) is 61.7 Å². The molecule has 148 valence electrons. The third-order valence-electron chi connectivity index (χ3n) is 5.40. The summed E-state index contributed by atoms with van der Waals surface area (Å²) in [5, 5.41) is 9.58. The van der Waals surface area contributed by atoms with Gasteiger partial charge in [0.1, 0.15) is 16.8 Å². The Morgan fingerprint density at radius 1 is 1.07 bits per heavy atom. The van der Waals surface area contributed by atoms with Crippen molar-refractivity contribution in [1.29, 1.82) is 0 Å². The van der Waals surface area contributed by atoms with E-state index in [0.717, 1.165) is 55.9 Å². The number of aromatic nitrogens is 2. The first kappa shape index (κ1) is 19.3. The van der Waals surface area contributed by atoms with E-state index in [4.69, 9.17) is 4.74 Å². The molecular formula is C21H26N4O2S. The molecule has 1 N–H and O–H groups in total. The summed E-state index contributed by atoms with van der Waals surface area (Å²) in [6.07, 6.45) is 0.787. The molecule has 1 saturated heterocycles. The molecule has 0 amide bonds. The molecule has 1 atom stereocenters. The SMILES string of the molecule is COc1cccc(CN2CCN(Cc3ccc4nsnc4c3)CC2CCO)c1. The summed E-state index contributed by atoms with van der Waals surface area (Å²) >= 11 is 1.26. The number of rotatable bonds is 7. The maximum Gasteiger partial charge on any atom is 0.119 e. The van der Waals surface area contributed by atoms with Crippen LogP contribution in [0.5, 0.6) is 5.75 Å². The van der Waals surface area contributed by atoms with Crippen molar-refractivity contribution in [1.82, 2.24) is 18.5 Å². The van der Waals surface area contributed by atoms with Gasteiger partial charge in [-0.15, -0.1) is 0 Å². The Morgan fingerprint density at radius 3 is 2.79 bits per heavy atom. The fraction of sp³-hybridized carbons (Fsp3) is 0.429. The van der Waals surface area contributed by atoms with Crippen LogP contribution in [0, 0.1) is 0 Å². The molecule has 0 bridgehead atoms. The van der Waals surface area contributed by atoms with Crippen LogP contribution in [0.2, 0.25) is 0 Å². The summed E-state index contributed by atoms with van der Waals surface area (Å²) < 4.78 is 14.0. The fourth-order valence-electron chi connectivity index (χ4n) is 3.92. The van der Waals surface area contributed by atoms with Gasteiger partial charge in [0.05, 0.1) is 18.8 Å². The number of aliphatic hydroxyl groups excluding tert-OH is 1. The molecule has 0 spiro atoms. The van der Waals surface area contributed by atoms with Gasteiger partial charge in [-0.2, -0.15) is 8.75 Å². The predicted molar refractivity (Wildman–Crippen MR) is 112 cm³/mol. The molecule has 6 nitrogen and oxygen atoms in total. The van der Waals surface area contributed by atoms with Crippen LogP contribution in [-0.2, 0) is 13.1 Å². The minimum atomic E-state index is 0.212. The van der Waals surface area contributed by atoms with Crippen molar-refractivity contribution in [3.63, 3.8) is 0 Å². The second-order valence-electron chi connectivity index (χ2n) is 7.31. The van der Waals surface area contributed by atoms with Gasteiger partial charge < -0.3 is 9.84 Å². The van der Waals surface area contributed by atoms with Gasteiger partial charge in [0, 0.05) is 45.4 Å². The molecule has 28 heavy (non-hydrogen) atoms. The molecule has 1 unspecified atom stereocenters. The lowest BCUT2D eigenvalue weighted by molar-refractivity contribution is 0.0499. The van der Waals surface area contributed by atoms with Crippen LogP contribution >= 0.6 is 11.7 Å². The normalized spacial score (nSPS) is 18.6. The van der Waals surface area contributed by atoms with E-state index < -0.39 is 0 Å². The Hall–Kier alpha value is -2.06. The van der Waals surface area contributed by atoms with Gasteiger partial charge in [0.15, 0.2) is 0 Å². The Morgan fingerprint density at radius 2 is 1.93 bits per heavy atom. The molecule has 1 aliphatic rings. The number of benzene rings is 2. The molecule has 3 aromatic rings. The Labute approximate surface area is 169 Å². The second kappa shape index (κ2) is 8.96. The third-order valence-corrected chi connectivity index (χ3v) is 5.95. The zero-order chi connectivity index (χ0) is 19.3. The van der Waals surface area contributed by atoms with Crippen LogP contribution in [0.15, 0.2) is 42.5 Å². The summed E-state index contributed by atoms with van der Waals surface area (Å²) in [5.74, 6) is 0.891. The number of hydrogen-bond acceptors (Lipinski definition) is 7. The zero-order valence-electron chi connectivity index (χ0n) is 16.1. The third kappa shape index (κ3) is 4.50. The number of ether oxygens (including phenoxy) is 1. The number of methoxy groups -OCH3 is 1. The second-order valence-corrected chi connectivity index (χ2v) is 7.84.